The predicted molar refractivity (Wildman–Crippen MR) is 81.2 cm³/mol. The van der Waals surface area contributed by atoms with Crippen molar-refractivity contribution in [2.24, 2.45) is 0 Å². The number of aryl methyl sites for hydroxylation is 1. The van der Waals surface area contributed by atoms with Gasteiger partial charge in [-0.2, -0.15) is 5.26 Å². The molecule has 0 fully saturated rings. The van der Waals surface area contributed by atoms with E-state index < -0.39 is 0 Å². The first kappa shape index (κ1) is 13.8. The van der Waals surface area contributed by atoms with Crippen molar-refractivity contribution in [3.8, 4) is 11.8 Å². The highest BCUT2D eigenvalue weighted by atomic mass is 16.5. The summed E-state index contributed by atoms with van der Waals surface area (Å²) in [6, 6.07) is 13.2. The average molecular weight is 267 g/mol. The van der Waals surface area contributed by atoms with Gasteiger partial charge in [0, 0.05) is 5.69 Å². The molecule has 2 rings (SSSR count). The van der Waals surface area contributed by atoms with E-state index in [2.05, 4.69) is 18.3 Å². The molecule has 0 aliphatic heterocycles. The minimum absolute atomic E-state index is 0.553. The summed E-state index contributed by atoms with van der Waals surface area (Å²) in [4.78, 5) is 0. The molecule has 0 unspecified atom stereocenters. The summed E-state index contributed by atoms with van der Waals surface area (Å²) in [5, 5.41) is 12.1. The Labute approximate surface area is 118 Å². The van der Waals surface area contributed by atoms with Crippen molar-refractivity contribution in [2.75, 3.05) is 18.2 Å². The fourth-order valence-corrected chi connectivity index (χ4v) is 2.03. The average Bonchev–Trinajstić information content (AvgIpc) is 2.49. The van der Waals surface area contributed by atoms with Gasteiger partial charge in [-0.05, 0) is 48.4 Å². The molecular weight excluding hydrogens is 250 g/mol. The van der Waals surface area contributed by atoms with Gasteiger partial charge in [0.25, 0.3) is 0 Å². The number of nitrogens with zero attached hydrogens (tertiary/aromatic N) is 1. The van der Waals surface area contributed by atoms with Crippen LogP contribution in [0.15, 0.2) is 36.4 Å². The van der Waals surface area contributed by atoms with Crippen LogP contribution in [0.25, 0.3) is 0 Å². The number of nitrogen functional groups attached to an aromatic ring is 1. The van der Waals surface area contributed by atoms with Crippen molar-refractivity contribution in [2.45, 2.75) is 13.3 Å². The molecule has 0 spiro atoms. The smallest absolute Gasteiger partial charge is 0.122 e. The van der Waals surface area contributed by atoms with Crippen LogP contribution in [-0.4, -0.2) is 7.11 Å². The van der Waals surface area contributed by atoms with Gasteiger partial charge in [0.2, 0.25) is 0 Å². The van der Waals surface area contributed by atoms with E-state index in [0.29, 0.717) is 11.3 Å². The number of methoxy groups -OCH3 is 1. The highest BCUT2D eigenvalue weighted by Crippen LogP contribution is 2.28. The highest BCUT2D eigenvalue weighted by molar-refractivity contribution is 5.74. The molecule has 0 saturated heterocycles. The molecular formula is C16H17N3O. The van der Waals surface area contributed by atoms with E-state index in [1.54, 1.807) is 19.2 Å². The summed E-state index contributed by atoms with van der Waals surface area (Å²) in [5.74, 6) is 0.880. The SMILES string of the molecule is CCc1cc(Nc2ccc(C#N)cc2N)ccc1OC. The van der Waals surface area contributed by atoms with E-state index in [0.717, 1.165) is 29.1 Å². The summed E-state index contributed by atoms with van der Waals surface area (Å²) in [6.45, 7) is 2.08. The molecule has 2 aromatic rings. The fraction of sp³-hybridized carbons (Fsp3) is 0.188. The lowest BCUT2D eigenvalue weighted by Crippen LogP contribution is -1.98. The number of nitrogens with one attached hydrogen (secondary N) is 1. The Morgan fingerprint density at radius 2 is 2.05 bits per heavy atom. The van der Waals surface area contributed by atoms with Crippen molar-refractivity contribution in [3.63, 3.8) is 0 Å². The van der Waals surface area contributed by atoms with Gasteiger partial charge in [-0.15, -0.1) is 0 Å². The molecule has 0 aromatic heterocycles. The van der Waals surface area contributed by atoms with Crippen LogP contribution < -0.4 is 15.8 Å². The second-order valence-electron chi connectivity index (χ2n) is 4.42. The molecule has 4 heteroatoms. The molecule has 4 nitrogen and oxygen atoms in total. The van der Waals surface area contributed by atoms with Crippen LogP contribution >= 0.6 is 0 Å². The summed E-state index contributed by atoms with van der Waals surface area (Å²) in [5.41, 5.74) is 9.90. The molecule has 0 aliphatic carbocycles. The van der Waals surface area contributed by atoms with Crippen molar-refractivity contribution in [1.82, 2.24) is 0 Å². The normalized spacial score (nSPS) is 9.85. The number of nitrogens with two attached hydrogens (primary N) is 1. The van der Waals surface area contributed by atoms with E-state index in [1.807, 2.05) is 24.3 Å². The first-order valence-electron chi connectivity index (χ1n) is 6.41. The van der Waals surface area contributed by atoms with Crippen LogP contribution in [0, 0.1) is 11.3 Å². The first-order valence-corrected chi connectivity index (χ1v) is 6.41. The van der Waals surface area contributed by atoms with Gasteiger partial charge < -0.3 is 15.8 Å². The molecule has 0 bridgehead atoms. The first-order chi connectivity index (χ1) is 9.67. The van der Waals surface area contributed by atoms with E-state index in [4.69, 9.17) is 15.7 Å². The Hall–Kier alpha value is -2.67. The van der Waals surface area contributed by atoms with Gasteiger partial charge in [0.05, 0.1) is 30.1 Å². The maximum atomic E-state index is 8.83. The minimum atomic E-state index is 0.553. The topological polar surface area (TPSA) is 71.1 Å². The van der Waals surface area contributed by atoms with Crippen LogP contribution in [0.5, 0.6) is 5.75 Å². The molecule has 102 valence electrons. The van der Waals surface area contributed by atoms with E-state index in [9.17, 15) is 0 Å². The zero-order chi connectivity index (χ0) is 14.5. The second-order valence-corrected chi connectivity index (χ2v) is 4.42. The second kappa shape index (κ2) is 5.98. The van der Waals surface area contributed by atoms with Crippen LogP contribution in [0.4, 0.5) is 17.1 Å². The molecule has 0 saturated carbocycles. The summed E-state index contributed by atoms with van der Waals surface area (Å²) >= 11 is 0. The Morgan fingerprint density at radius 1 is 1.25 bits per heavy atom. The molecule has 0 aliphatic rings. The van der Waals surface area contributed by atoms with Gasteiger partial charge >= 0.3 is 0 Å². The molecule has 0 heterocycles. The zero-order valence-corrected chi connectivity index (χ0v) is 11.6. The Balaban J connectivity index is 2.28. The lowest BCUT2D eigenvalue weighted by atomic mass is 10.1. The van der Waals surface area contributed by atoms with Crippen LogP contribution in [-0.2, 0) is 6.42 Å². The number of hydrogen-bond donors (Lipinski definition) is 2. The Morgan fingerprint density at radius 3 is 2.65 bits per heavy atom. The van der Waals surface area contributed by atoms with Crippen LogP contribution in [0.3, 0.4) is 0 Å². The van der Waals surface area contributed by atoms with E-state index in [1.165, 1.54) is 0 Å². The number of benzene rings is 2. The molecule has 0 atom stereocenters. The van der Waals surface area contributed by atoms with Crippen molar-refractivity contribution in [3.05, 3.63) is 47.5 Å². The summed E-state index contributed by atoms with van der Waals surface area (Å²) < 4.78 is 5.31. The van der Waals surface area contributed by atoms with E-state index >= 15 is 0 Å². The maximum absolute atomic E-state index is 8.83. The van der Waals surface area contributed by atoms with E-state index in [-0.39, 0.29) is 0 Å². The van der Waals surface area contributed by atoms with Crippen molar-refractivity contribution < 1.29 is 4.74 Å². The largest absolute Gasteiger partial charge is 0.496 e. The lowest BCUT2D eigenvalue weighted by Gasteiger charge is -2.12. The number of ether oxygens (including phenoxy) is 1. The number of anilines is 3. The van der Waals surface area contributed by atoms with Gasteiger partial charge in [0.1, 0.15) is 5.75 Å². The molecule has 0 amide bonds. The third kappa shape index (κ3) is 2.83. The van der Waals surface area contributed by atoms with Gasteiger partial charge in [-0.25, -0.2) is 0 Å². The third-order valence-electron chi connectivity index (χ3n) is 3.12. The predicted octanol–water partition coefficient (Wildman–Crippen LogP) is 3.46. The van der Waals surface area contributed by atoms with Crippen LogP contribution in [0.2, 0.25) is 0 Å². The Kier molecular flexibility index (Phi) is 4.11. The number of nitriles is 1. The maximum Gasteiger partial charge on any atom is 0.122 e. The standard InChI is InChI=1S/C16H17N3O/c1-3-12-9-13(5-7-16(12)20-2)19-15-6-4-11(10-17)8-14(15)18/h4-9,19H,3,18H2,1-2H3. The minimum Gasteiger partial charge on any atom is -0.496 e. The lowest BCUT2D eigenvalue weighted by molar-refractivity contribution is 0.410. The van der Waals surface area contributed by atoms with Crippen molar-refractivity contribution >= 4 is 17.1 Å². The quantitative estimate of drug-likeness (QED) is 0.832. The van der Waals surface area contributed by atoms with Crippen molar-refractivity contribution in [1.29, 1.82) is 5.26 Å². The molecule has 2 aromatic carbocycles. The Bertz CT molecular complexity index is 659. The number of hydrogen-bond acceptors (Lipinski definition) is 4. The monoisotopic (exact) mass is 267 g/mol. The summed E-state index contributed by atoms with van der Waals surface area (Å²) in [6.07, 6.45) is 0.890. The van der Waals surface area contributed by atoms with Crippen LogP contribution in [0.1, 0.15) is 18.1 Å². The summed E-state index contributed by atoms with van der Waals surface area (Å²) in [7, 11) is 1.67. The third-order valence-corrected chi connectivity index (χ3v) is 3.12. The van der Waals surface area contributed by atoms with Gasteiger partial charge in [-0.1, -0.05) is 6.92 Å². The fourth-order valence-electron chi connectivity index (χ4n) is 2.03. The molecule has 0 radical (unpaired) electrons. The van der Waals surface area contributed by atoms with Gasteiger partial charge in [0.15, 0.2) is 0 Å². The van der Waals surface area contributed by atoms with Gasteiger partial charge in [-0.3, -0.25) is 0 Å². The zero-order valence-electron chi connectivity index (χ0n) is 11.6. The molecule has 20 heavy (non-hydrogen) atoms. The number of rotatable bonds is 4. The highest BCUT2D eigenvalue weighted by Gasteiger charge is 2.05. The molecule has 3 N–H and O–H groups in total.